The van der Waals surface area contributed by atoms with Crippen molar-refractivity contribution >= 4 is 5.91 Å². The molecule has 0 unspecified atom stereocenters. The Kier molecular flexibility index (Phi) is 1.83. The Labute approximate surface area is 72.3 Å². The minimum atomic E-state index is -0.0804. The molecule has 2 fully saturated rings. The van der Waals surface area contributed by atoms with Gasteiger partial charge in [-0.15, -0.1) is 0 Å². The molecule has 1 saturated heterocycles. The zero-order valence-electron chi connectivity index (χ0n) is 7.25. The van der Waals surface area contributed by atoms with Crippen molar-refractivity contribution in [1.82, 2.24) is 5.06 Å². The van der Waals surface area contributed by atoms with Crippen LogP contribution in [0.2, 0.25) is 0 Å². The highest BCUT2D eigenvalue weighted by atomic mass is 16.5. The number of carbonyl (C=O) groups is 1. The number of rotatable bonds is 0. The van der Waals surface area contributed by atoms with E-state index in [0.717, 1.165) is 11.5 Å². The molecule has 0 radical (unpaired) electrons. The van der Waals surface area contributed by atoms with E-state index < -0.39 is 0 Å². The van der Waals surface area contributed by atoms with Crippen LogP contribution >= 0.6 is 0 Å². The Hall–Kier alpha value is -0.570. The summed E-state index contributed by atoms with van der Waals surface area (Å²) in [6.45, 7) is 0.541. The first kappa shape index (κ1) is 8.05. The Balaban J connectivity index is 2.06. The van der Waals surface area contributed by atoms with Crippen molar-refractivity contribution < 1.29 is 10.0 Å². The Bertz CT molecular complexity index is 197. The van der Waals surface area contributed by atoms with E-state index in [2.05, 4.69) is 0 Å². The lowest BCUT2D eigenvalue weighted by atomic mass is 9.77. The number of hydroxylamine groups is 2. The van der Waals surface area contributed by atoms with E-state index in [1.807, 2.05) is 0 Å². The first-order valence-electron chi connectivity index (χ1n) is 4.71. The Morgan fingerprint density at radius 2 is 1.92 bits per heavy atom. The molecule has 12 heavy (non-hydrogen) atoms. The van der Waals surface area contributed by atoms with Crippen LogP contribution in [0.15, 0.2) is 0 Å². The van der Waals surface area contributed by atoms with E-state index in [4.69, 9.17) is 5.21 Å². The fraction of sp³-hybridized carbons (Fsp3) is 0.889. The van der Waals surface area contributed by atoms with Crippen LogP contribution in [0.4, 0.5) is 0 Å². The van der Waals surface area contributed by atoms with Crippen LogP contribution in [-0.2, 0) is 4.79 Å². The van der Waals surface area contributed by atoms with Crippen LogP contribution in [0.1, 0.15) is 38.5 Å². The van der Waals surface area contributed by atoms with Crippen LogP contribution in [-0.4, -0.2) is 22.7 Å². The molecule has 1 heterocycles. The molecule has 1 N–H and O–H groups in total. The molecule has 1 amide bonds. The highest BCUT2D eigenvalue weighted by molar-refractivity contribution is 5.76. The number of piperidine rings is 1. The smallest absolute Gasteiger partial charge is 0.246 e. The number of carbonyl (C=O) groups excluding carboxylic acids is 1. The molecule has 0 aromatic carbocycles. The van der Waals surface area contributed by atoms with Gasteiger partial charge < -0.3 is 0 Å². The zero-order chi connectivity index (χ0) is 8.60. The number of amides is 1. The van der Waals surface area contributed by atoms with Crippen LogP contribution in [0, 0.1) is 5.41 Å². The van der Waals surface area contributed by atoms with Gasteiger partial charge in [-0.1, -0.05) is 12.8 Å². The van der Waals surface area contributed by atoms with Gasteiger partial charge in [0.1, 0.15) is 0 Å². The lowest BCUT2D eigenvalue weighted by Crippen LogP contribution is -2.41. The third-order valence-corrected chi connectivity index (χ3v) is 3.33. The van der Waals surface area contributed by atoms with E-state index in [1.165, 1.54) is 25.7 Å². The summed E-state index contributed by atoms with van der Waals surface area (Å²) in [4.78, 5) is 11.2. The summed E-state index contributed by atoms with van der Waals surface area (Å²) in [5.74, 6) is -0.0804. The predicted octanol–water partition coefficient (Wildman–Crippen LogP) is 1.56. The molecule has 2 rings (SSSR count). The summed E-state index contributed by atoms with van der Waals surface area (Å²) in [6.07, 6.45) is 6.47. The van der Waals surface area contributed by atoms with Gasteiger partial charge in [0.2, 0.25) is 5.91 Å². The Morgan fingerprint density at radius 1 is 1.25 bits per heavy atom. The molecule has 1 aliphatic heterocycles. The lowest BCUT2D eigenvalue weighted by molar-refractivity contribution is -0.177. The topological polar surface area (TPSA) is 40.5 Å². The average molecular weight is 169 g/mol. The van der Waals surface area contributed by atoms with Crippen molar-refractivity contribution in [3.05, 3.63) is 0 Å². The number of hydrogen-bond acceptors (Lipinski definition) is 2. The minimum absolute atomic E-state index is 0.0804. The highest BCUT2D eigenvalue weighted by Gasteiger charge is 2.40. The minimum Gasteiger partial charge on any atom is -0.286 e. The van der Waals surface area contributed by atoms with Crippen LogP contribution in [0.5, 0.6) is 0 Å². The van der Waals surface area contributed by atoms with Gasteiger partial charge in [0.25, 0.3) is 0 Å². The second kappa shape index (κ2) is 2.73. The summed E-state index contributed by atoms with van der Waals surface area (Å²) in [7, 11) is 0. The monoisotopic (exact) mass is 169 g/mol. The van der Waals surface area contributed by atoms with E-state index in [0.29, 0.717) is 13.0 Å². The van der Waals surface area contributed by atoms with Gasteiger partial charge in [-0.2, -0.15) is 0 Å². The van der Waals surface area contributed by atoms with E-state index in [1.54, 1.807) is 0 Å². The fourth-order valence-corrected chi connectivity index (χ4v) is 2.52. The van der Waals surface area contributed by atoms with Gasteiger partial charge in [-0.25, -0.2) is 5.06 Å². The second-order valence-corrected chi connectivity index (χ2v) is 4.15. The standard InChI is InChI=1S/C9H15NO2/c11-8-7-9(3-1-2-4-9)5-6-10(8)12/h12H,1-7H2. The fourth-order valence-electron chi connectivity index (χ4n) is 2.52. The van der Waals surface area contributed by atoms with Crippen molar-refractivity contribution in [3.63, 3.8) is 0 Å². The maximum atomic E-state index is 11.2. The van der Waals surface area contributed by atoms with Gasteiger partial charge in [0.05, 0.1) is 0 Å². The summed E-state index contributed by atoms with van der Waals surface area (Å²) in [5, 5.41) is 9.98. The van der Waals surface area contributed by atoms with Crippen LogP contribution in [0.25, 0.3) is 0 Å². The summed E-state index contributed by atoms with van der Waals surface area (Å²) < 4.78 is 0. The molecule has 2 aliphatic rings. The normalized spacial score (nSPS) is 28.4. The van der Waals surface area contributed by atoms with Gasteiger partial charge >= 0.3 is 0 Å². The lowest BCUT2D eigenvalue weighted by Gasteiger charge is -2.35. The molecule has 0 atom stereocenters. The van der Waals surface area contributed by atoms with E-state index in [9.17, 15) is 4.79 Å². The maximum absolute atomic E-state index is 11.2. The SMILES string of the molecule is O=C1CC2(CCCC2)CCN1O. The van der Waals surface area contributed by atoms with Gasteiger partial charge in [0.15, 0.2) is 0 Å². The highest BCUT2D eigenvalue weighted by Crippen LogP contribution is 2.46. The molecular weight excluding hydrogens is 154 g/mol. The van der Waals surface area contributed by atoms with Crippen molar-refractivity contribution in [1.29, 1.82) is 0 Å². The first-order chi connectivity index (χ1) is 5.72. The molecule has 1 spiro atoms. The van der Waals surface area contributed by atoms with Crippen molar-refractivity contribution in [3.8, 4) is 0 Å². The van der Waals surface area contributed by atoms with Gasteiger partial charge in [-0.3, -0.25) is 10.0 Å². The summed E-state index contributed by atoms with van der Waals surface area (Å²) in [5.41, 5.74) is 0.274. The summed E-state index contributed by atoms with van der Waals surface area (Å²) in [6, 6.07) is 0. The van der Waals surface area contributed by atoms with E-state index in [-0.39, 0.29) is 11.3 Å². The quantitative estimate of drug-likeness (QED) is 0.559. The van der Waals surface area contributed by atoms with Gasteiger partial charge in [0, 0.05) is 13.0 Å². The molecule has 0 aromatic heterocycles. The molecule has 1 saturated carbocycles. The van der Waals surface area contributed by atoms with Crippen molar-refractivity contribution in [2.75, 3.05) is 6.54 Å². The largest absolute Gasteiger partial charge is 0.286 e. The third-order valence-electron chi connectivity index (χ3n) is 3.33. The third kappa shape index (κ3) is 1.22. The van der Waals surface area contributed by atoms with Crippen molar-refractivity contribution in [2.45, 2.75) is 38.5 Å². The molecular formula is C9H15NO2. The number of hydrogen-bond donors (Lipinski definition) is 1. The predicted molar refractivity (Wildman–Crippen MR) is 43.6 cm³/mol. The Morgan fingerprint density at radius 3 is 2.50 bits per heavy atom. The molecule has 0 bridgehead atoms. The summed E-state index contributed by atoms with van der Waals surface area (Å²) >= 11 is 0. The van der Waals surface area contributed by atoms with Gasteiger partial charge in [-0.05, 0) is 24.7 Å². The maximum Gasteiger partial charge on any atom is 0.246 e. The molecule has 0 aromatic rings. The molecule has 68 valence electrons. The molecule has 3 heteroatoms. The number of nitrogens with zero attached hydrogens (tertiary/aromatic N) is 1. The average Bonchev–Trinajstić information content (AvgIpc) is 2.47. The molecule has 3 nitrogen and oxygen atoms in total. The van der Waals surface area contributed by atoms with Crippen LogP contribution < -0.4 is 0 Å². The zero-order valence-corrected chi connectivity index (χ0v) is 7.25. The van der Waals surface area contributed by atoms with Crippen molar-refractivity contribution in [2.24, 2.45) is 5.41 Å². The van der Waals surface area contributed by atoms with Crippen LogP contribution in [0.3, 0.4) is 0 Å². The first-order valence-corrected chi connectivity index (χ1v) is 4.71. The second-order valence-electron chi connectivity index (χ2n) is 4.15. The van der Waals surface area contributed by atoms with E-state index >= 15 is 0 Å². The molecule has 1 aliphatic carbocycles.